The Bertz CT molecular complexity index is 1490. The number of benzene rings is 4. The molecule has 0 spiro atoms. The second kappa shape index (κ2) is 7.45. The molecule has 6 rings (SSSR count). The lowest BCUT2D eigenvalue weighted by molar-refractivity contribution is 0.813. The number of aryl methyl sites for hydroxylation is 1. The molecule has 1 atom stereocenters. The third-order valence-corrected chi connectivity index (χ3v) is 7.01. The van der Waals surface area contributed by atoms with E-state index in [4.69, 9.17) is 4.98 Å². The van der Waals surface area contributed by atoms with Gasteiger partial charge in [0.2, 0.25) is 0 Å². The maximum absolute atomic E-state index is 5.19. The predicted molar refractivity (Wildman–Crippen MR) is 138 cm³/mol. The normalized spacial score (nSPS) is 14.6. The molecule has 4 aromatic carbocycles. The Morgan fingerprint density at radius 1 is 0.758 bits per heavy atom. The molecule has 0 N–H and O–H groups in total. The van der Waals surface area contributed by atoms with Gasteiger partial charge in [0.1, 0.15) is 5.82 Å². The summed E-state index contributed by atoms with van der Waals surface area (Å²) >= 11 is 0. The zero-order chi connectivity index (χ0) is 22.7. The molecule has 2 heterocycles. The minimum absolute atomic E-state index is 0.302. The monoisotopic (exact) mass is 428 g/mol. The van der Waals surface area contributed by atoms with E-state index in [0.717, 1.165) is 16.9 Å². The van der Waals surface area contributed by atoms with Gasteiger partial charge >= 0.3 is 0 Å². The fraction of sp³-hybridized carbons (Fsp3) is 0.194. The summed E-state index contributed by atoms with van der Waals surface area (Å²) in [7, 11) is 0. The summed E-state index contributed by atoms with van der Waals surface area (Å²) in [5.74, 6) is 1.72. The van der Waals surface area contributed by atoms with Crippen molar-refractivity contribution in [3.05, 3.63) is 107 Å². The van der Waals surface area contributed by atoms with Crippen LogP contribution in [0.4, 0.5) is 0 Å². The average Bonchev–Trinajstić information content (AvgIpc) is 3.22. The zero-order valence-corrected chi connectivity index (χ0v) is 19.6. The van der Waals surface area contributed by atoms with Gasteiger partial charge < -0.3 is 0 Å². The van der Waals surface area contributed by atoms with Gasteiger partial charge in [-0.3, -0.25) is 4.57 Å². The Morgan fingerprint density at radius 3 is 2.09 bits per heavy atom. The standard InChI is InChI=1S/C31H28N2/c1-19(2)25-17-24(22-11-7-5-8-12-22)18-27-21(4)26-15-20(3)16-28-30(26)33(29(25)27)31(32-28)23-13-9-6-10-14-23/h5-19,21H,1-4H3. The fourth-order valence-electron chi connectivity index (χ4n) is 5.39. The average molecular weight is 429 g/mol. The van der Waals surface area contributed by atoms with Crippen LogP contribution < -0.4 is 0 Å². The minimum atomic E-state index is 0.302. The van der Waals surface area contributed by atoms with E-state index in [1.165, 1.54) is 44.6 Å². The highest BCUT2D eigenvalue weighted by molar-refractivity contribution is 5.91. The first-order chi connectivity index (χ1) is 16.0. The molecule has 0 saturated carbocycles. The van der Waals surface area contributed by atoms with Crippen molar-refractivity contribution in [2.75, 3.05) is 0 Å². The van der Waals surface area contributed by atoms with Crippen LogP contribution in [0.25, 0.3) is 39.2 Å². The Labute approximate surface area is 195 Å². The molecule has 162 valence electrons. The van der Waals surface area contributed by atoms with E-state index in [1.54, 1.807) is 0 Å². The van der Waals surface area contributed by atoms with Gasteiger partial charge in [-0.05, 0) is 64.4 Å². The Balaban J connectivity index is 1.75. The molecule has 2 nitrogen and oxygen atoms in total. The molecule has 0 fully saturated rings. The molecule has 33 heavy (non-hydrogen) atoms. The summed E-state index contributed by atoms with van der Waals surface area (Å²) in [5, 5.41) is 0. The largest absolute Gasteiger partial charge is 0.291 e. The second-order valence-electron chi connectivity index (χ2n) is 9.60. The van der Waals surface area contributed by atoms with Crippen LogP contribution in [0, 0.1) is 6.92 Å². The highest BCUT2D eigenvalue weighted by atomic mass is 15.1. The van der Waals surface area contributed by atoms with Crippen molar-refractivity contribution in [1.29, 1.82) is 0 Å². The molecule has 0 aliphatic carbocycles. The summed E-state index contributed by atoms with van der Waals surface area (Å²) in [6.45, 7) is 9.13. The first-order valence-electron chi connectivity index (χ1n) is 11.8. The van der Waals surface area contributed by atoms with E-state index in [2.05, 4.69) is 117 Å². The van der Waals surface area contributed by atoms with E-state index in [9.17, 15) is 0 Å². The van der Waals surface area contributed by atoms with Crippen molar-refractivity contribution >= 4 is 11.0 Å². The lowest BCUT2D eigenvalue weighted by Crippen LogP contribution is -2.16. The molecule has 2 heteroatoms. The van der Waals surface area contributed by atoms with Gasteiger partial charge in [-0.15, -0.1) is 0 Å². The summed E-state index contributed by atoms with van der Waals surface area (Å²) in [5.41, 5.74) is 12.8. The van der Waals surface area contributed by atoms with Crippen molar-refractivity contribution < 1.29 is 0 Å². The number of fused-ring (bicyclic) bond motifs is 2. The van der Waals surface area contributed by atoms with Gasteiger partial charge in [-0.25, -0.2) is 4.98 Å². The van der Waals surface area contributed by atoms with Crippen molar-refractivity contribution in [2.45, 2.75) is 39.5 Å². The third kappa shape index (κ3) is 3.05. The molecule has 0 radical (unpaired) electrons. The number of nitrogens with zero attached hydrogens (tertiary/aromatic N) is 2. The molecule has 1 aromatic heterocycles. The molecular formula is C31H28N2. The van der Waals surface area contributed by atoms with Gasteiger partial charge in [0.25, 0.3) is 0 Å². The quantitative estimate of drug-likeness (QED) is 0.283. The predicted octanol–water partition coefficient (Wildman–Crippen LogP) is 8.26. The van der Waals surface area contributed by atoms with Crippen LogP contribution in [0.5, 0.6) is 0 Å². The highest BCUT2D eigenvalue weighted by Crippen LogP contribution is 2.47. The molecule has 0 amide bonds. The lowest BCUT2D eigenvalue weighted by atomic mass is 9.82. The highest BCUT2D eigenvalue weighted by Gasteiger charge is 2.31. The number of imidazole rings is 1. The lowest BCUT2D eigenvalue weighted by Gasteiger charge is -2.30. The first-order valence-corrected chi connectivity index (χ1v) is 11.8. The number of rotatable bonds is 3. The summed E-state index contributed by atoms with van der Waals surface area (Å²) in [6.07, 6.45) is 0. The van der Waals surface area contributed by atoms with Crippen LogP contribution in [0.2, 0.25) is 0 Å². The SMILES string of the molecule is Cc1cc2c3c(c1)nc(-c1ccccc1)n3-c1c(C(C)C)cc(-c3ccccc3)cc1C2C. The van der Waals surface area contributed by atoms with Crippen LogP contribution >= 0.6 is 0 Å². The van der Waals surface area contributed by atoms with E-state index in [-0.39, 0.29) is 0 Å². The zero-order valence-electron chi connectivity index (χ0n) is 19.6. The van der Waals surface area contributed by atoms with E-state index < -0.39 is 0 Å². The van der Waals surface area contributed by atoms with Crippen LogP contribution in [-0.4, -0.2) is 9.55 Å². The number of hydrogen-bond acceptors (Lipinski definition) is 1. The number of aromatic nitrogens is 2. The maximum atomic E-state index is 5.19. The first kappa shape index (κ1) is 20.0. The third-order valence-electron chi connectivity index (χ3n) is 7.01. The summed E-state index contributed by atoms with van der Waals surface area (Å²) in [4.78, 5) is 5.19. The molecule has 1 unspecified atom stereocenters. The summed E-state index contributed by atoms with van der Waals surface area (Å²) < 4.78 is 2.44. The van der Waals surface area contributed by atoms with Crippen molar-refractivity contribution in [2.24, 2.45) is 0 Å². The molecule has 0 saturated heterocycles. The number of hydrogen-bond donors (Lipinski definition) is 0. The summed E-state index contributed by atoms with van der Waals surface area (Å²) in [6, 6.07) is 30.7. The van der Waals surface area contributed by atoms with Gasteiger partial charge in [0.15, 0.2) is 0 Å². The van der Waals surface area contributed by atoms with Crippen LogP contribution in [-0.2, 0) is 0 Å². The molecule has 0 bridgehead atoms. The van der Waals surface area contributed by atoms with E-state index >= 15 is 0 Å². The van der Waals surface area contributed by atoms with Crippen LogP contribution in [0.3, 0.4) is 0 Å². The second-order valence-corrected chi connectivity index (χ2v) is 9.60. The van der Waals surface area contributed by atoms with Crippen LogP contribution in [0.15, 0.2) is 84.9 Å². The minimum Gasteiger partial charge on any atom is -0.291 e. The van der Waals surface area contributed by atoms with Gasteiger partial charge in [-0.1, -0.05) is 87.5 Å². The molecule has 1 aliphatic rings. The van der Waals surface area contributed by atoms with E-state index in [1.807, 2.05) is 0 Å². The van der Waals surface area contributed by atoms with Crippen molar-refractivity contribution in [3.8, 4) is 28.2 Å². The van der Waals surface area contributed by atoms with Gasteiger partial charge in [0, 0.05) is 11.5 Å². The molecule has 5 aromatic rings. The molecule has 1 aliphatic heterocycles. The Kier molecular flexibility index (Phi) is 4.51. The van der Waals surface area contributed by atoms with Gasteiger partial charge in [-0.2, -0.15) is 0 Å². The fourth-order valence-corrected chi connectivity index (χ4v) is 5.39. The smallest absolute Gasteiger partial charge is 0.145 e. The Morgan fingerprint density at radius 2 is 1.42 bits per heavy atom. The maximum Gasteiger partial charge on any atom is 0.145 e. The molecular weight excluding hydrogens is 400 g/mol. The topological polar surface area (TPSA) is 17.8 Å². The van der Waals surface area contributed by atoms with Gasteiger partial charge in [0.05, 0.1) is 16.7 Å². The van der Waals surface area contributed by atoms with Crippen LogP contribution in [0.1, 0.15) is 54.9 Å². The van der Waals surface area contributed by atoms with E-state index in [0.29, 0.717) is 11.8 Å². The van der Waals surface area contributed by atoms with Crippen molar-refractivity contribution in [3.63, 3.8) is 0 Å². The Hall–Kier alpha value is -3.65. The van der Waals surface area contributed by atoms with Crippen molar-refractivity contribution in [1.82, 2.24) is 9.55 Å².